The van der Waals surface area contributed by atoms with E-state index in [-0.39, 0.29) is 4.67 Å². The standard InChI is InChI=1S/C9H6BrN3O5S/c10-8-7(5-6(18-8)9(14)15)19(16,17)13(3-1-11)4-2-12/h5H,3-4H2,(H,14,15). The number of rotatable bonds is 5. The van der Waals surface area contributed by atoms with E-state index in [2.05, 4.69) is 15.9 Å². The largest absolute Gasteiger partial charge is 0.475 e. The van der Waals surface area contributed by atoms with Crippen LogP contribution in [0, 0.1) is 22.7 Å². The molecule has 0 amide bonds. The zero-order valence-electron chi connectivity index (χ0n) is 9.20. The van der Waals surface area contributed by atoms with E-state index in [1.807, 2.05) is 0 Å². The Morgan fingerprint density at radius 3 is 2.32 bits per heavy atom. The topological polar surface area (TPSA) is 135 Å². The Hall–Kier alpha value is -1.88. The van der Waals surface area contributed by atoms with E-state index in [1.165, 1.54) is 0 Å². The molecule has 0 atom stereocenters. The summed E-state index contributed by atoms with van der Waals surface area (Å²) < 4.78 is 29.2. The van der Waals surface area contributed by atoms with Crippen LogP contribution in [0.4, 0.5) is 0 Å². The normalized spacial score (nSPS) is 10.9. The first kappa shape index (κ1) is 15.2. The molecule has 1 heterocycles. The molecule has 0 aliphatic heterocycles. The van der Waals surface area contributed by atoms with Gasteiger partial charge in [-0.1, -0.05) is 0 Å². The zero-order valence-corrected chi connectivity index (χ0v) is 11.6. The summed E-state index contributed by atoms with van der Waals surface area (Å²) in [4.78, 5) is 10.2. The SMILES string of the molecule is N#CCN(CC#N)S(=O)(=O)c1cc(C(=O)O)oc1Br. The van der Waals surface area contributed by atoms with Gasteiger partial charge in [-0.2, -0.15) is 14.8 Å². The van der Waals surface area contributed by atoms with E-state index >= 15 is 0 Å². The highest BCUT2D eigenvalue weighted by Crippen LogP contribution is 2.28. The Morgan fingerprint density at radius 2 is 1.95 bits per heavy atom. The molecule has 0 aliphatic carbocycles. The summed E-state index contributed by atoms with van der Waals surface area (Å²) in [7, 11) is -4.18. The molecular weight excluding hydrogens is 342 g/mol. The van der Waals surface area contributed by atoms with Crippen molar-refractivity contribution < 1.29 is 22.7 Å². The van der Waals surface area contributed by atoms with Crippen molar-refractivity contribution >= 4 is 31.9 Å². The minimum atomic E-state index is -4.18. The molecule has 0 bridgehead atoms. The van der Waals surface area contributed by atoms with Crippen molar-refractivity contribution in [1.82, 2.24) is 4.31 Å². The van der Waals surface area contributed by atoms with Gasteiger partial charge in [0.1, 0.15) is 18.0 Å². The van der Waals surface area contributed by atoms with Crippen LogP contribution >= 0.6 is 15.9 Å². The molecule has 0 unspecified atom stereocenters. The van der Waals surface area contributed by atoms with Crippen LogP contribution in [0.25, 0.3) is 0 Å². The van der Waals surface area contributed by atoms with Crippen LogP contribution in [-0.2, 0) is 10.0 Å². The van der Waals surface area contributed by atoms with E-state index in [0.29, 0.717) is 4.31 Å². The van der Waals surface area contributed by atoms with Gasteiger partial charge < -0.3 is 9.52 Å². The van der Waals surface area contributed by atoms with Crippen LogP contribution in [-0.4, -0.2) is 36.9 Å². The average Bonchev–Trinajstić information content (AvgIpc) is 2.72. The van der Waals surface area contributed by atoms with E-state index in [0.717, 1.165) is 6.07 Å². The molecule has 10 heteroatoms. The second kappa shape index (κ2) is 5.84. The van der Waals surface area contributed by atoms with Crippen molar-refractivity contribution in [2.24, 2.45) is 0 Å². The number of carboxylic acid groups (broad SMARTS) is 1. The molecule has 100 valence electrons. The molecule has 0 saturated carbocycles. The first-order valence-electron chi connectivity index (χ1n) is 4.61. The van der Waals surface area contributed by atoms with Crippen LogP contribution in [0.5, 0.6) is 0 Å². The van der Waals surface area contributed by atoms with E-state index < -0.39 is 39.7 Å². The second-order valence-electron chi connectivity index (χ2n) is 3.14. The van der Waals surface area contributed by atoms with E-state index in [1.54, 1.807) is 12.1 Å². The van der Waals surface area contributed by atoms with Gasteiger partial charge in [0.05, 0.1) is 12.1 Å². The molecule has 1 aromatic rings. The average molecular weight is 348 g/mol. The fourth-order valence-electron chi connectivity index (χ4n) is 1.16. The summed E-state index contributed by atoms with van der Waals surface area (Å²) in [5.74, 6) is -2.01. The number of furan rings is 1. The van der Waals surface area contributed by atoms with E-state index in [9.17, 15) is 13.2 Å². The van der Waals surface area contributed by atoms with Crippen LogP contribution in [0.15, 0.2) is 20.0 Å². The van der Waals surface area contributed by atoms with Crippen molar-refractivity contribution in [3.63, 3.8) is 0 Å². The third kappa shape index (κ3) is 3.12. The number of carboxylic acids is 1. The molecule has 0 aromatic carbocycles. The number of hydrogen-bond acceptors (Lipinski definition) is 6. The van der Waals surface area contributed by atoms with Crippen molar-refractivity contribution in [2.45, 2.75) is 4.90 Å². The van der Waals surface area contributed by atoms with Crippen LogP contribution in [0.3, 0.4) is 0 Å². The maximum absolute atomic E-state index is 12.1. The fraction of sp³-hybridized carbons (Fsp3) is 0.222. The highest BCUT2D eigenvalue weighted by atomic mass is 79.9. The number of nitrogens with zero attached hydrogens (tertiary/aromatic N) is 3. The molecule has 0 aliphatic rings. The molecule has 8 nitrogen and oxygen atoms in total. The van der Waals surface area contributed by atoms with Gasteiger partial charge in [-0.05, 0) is 15.9 Å². The van der Waals surface area contributed by atoms with Crippen LogP contribution < -0.4 is 0 Å². The first-order valence-corrected chi connectivity index (χ1v) is 6.84. The predicted molar refractivity (Wildman–Crippen MR) is 63.4 cm³/mol. The van der Waals surface area contributed by atoms with Gasteiger partial charge in [-0.3, -0.25) is 0 Å². The summed E-state index contributed by atoms with van der Waals surface area (Å²) in [5.41, 5.74) is 0. The lowest BCUT2D eigenvalue weighted by Gasteiger charge is -2.14. The Labute approximate surface area is 116 Å². The molecular formula is C9H6BrN3O5S. The summed E-state index contributed by atoms with van der Waals surface area (Å²) in [6.45, 7) is -1.06. The van der Waals surface area contributed by atoms with Gasteiger partial charge in [0, 0.05) is 6.07 Å². The maximum Gasteiger partial charge on any atom is 0.371 e. The number of hydrogen-bond donors (Lipinski definition) is 1. The van der Waals surface area contributed by atoms with Gasteiger partial charge in [-0.15, -0.1) is 0 Å². The van der Waals surface area contributed by atoms with Crippen molar-refractivity contribution in [3.8, 4) is 12.1 Å². The fourth-order valence-corrected chi connectivity index (χ4v) is 3.29. The molecule has 0 saturated heterocycles. The minimum absolute atomic E-state index is 0.300. The lowest BCUT2D eigenvalue weighted by molar-refractivity contribution is 0.0661. The number of sulfonamides is 1. The highest BCUT2D eigenvalue weighted by molar-refractivity contribution is 9.10. The van der Waals surface area contributed by atoms with Gasteiger partial charge in [0.15, 0.2) is 4.67 Å². The smallest absolute Gasteiger partial charge is 0.371 e. The minimum Gasteiger partial charge on any atom is -0.475 e. The van der Waals surface area contributed by atoms with Gasteiger partial charge >= 0.3 is 5.97 Å². The second-order valence-corrected chi connectivity index (χ2v) is 5.77. The number of carbonyl (C=O) groups is 1. The van der Waals surface area contributed by atoms with Crippen molar-refractivity contribution in [1.29, 1.82) is 10.5 Å². The Morgan fingerprint density at radius 1 is 1.42 bits per heavy atom. The molecule has 1 N–H and O–H groups in total. The third-order valence-electron chi connectivity index (χ3n) is 1.98. The first-order chi connectivity index (χ1) is 8.84. The quantitative estimate of drug-likeness (QED) is 0.777. The summed E-state index contributed by atoms with van der Waals surface area (Å²) in [6, 6.07) is 4.03. The molecule has 1 rings (SSSR count). The van der Waals surface area contributed by atoms with Crippen molar-refractivity contribution in [3.05, 3.63) is 16.5 Å². The zero-order chi connectivity index (χ0) is 14.6. The third-order valence-corrected chi connectivity index (χ3v) is 4.63. The Bertz CT molecular complexity index is 666. The lowest BCUT2D eigenvalue weighted by Crippen LogP contribution is -2.31. The lowest BCUT2D eigenvalue weighted by atomic mass is 10.5. The van der Waals surface area contributed by atoms with Gasteiger partial charge in [0.2, 0.25) is 15.8 Å². The maximum atomic E-state index is 12.1. The number of aromatic carboxylic acids is 1. The van der Waals surface area contributed by atoms with Gasteiger partial charge in [0.25, 0.3) is 0 Å². The van der Waals surface area contributed by atoms with Crippen LogP contribution in [0.2, 0.25) is 0 Å². The van der Waals surface area contributed by atoms with E-state index in [4.69, 9.17) is 20.0 Å². The summed E-state index contributed by atoms with van der Waals surface area (Å²) >= 11 is 2.79. The number of halogens is 1. The molecule has 0 fully saturated rings. The van der Waals surface area contributed by atoms with Gasteiger partial charge in [-0.25, -0.2) is 13.2 Å². The molecule has 19 heavy (non-hydrogen) atoms. The molecule has 0 spiro atoms. The summed E-state index contributed by atoms with van der Waals surface area (Å²) in [5, 5.41) is 25.8. The van der Waals surface area contributed by atoms with Crippen molar-refractivity contribution in [2.75, 3.05) is 13.1 Å². The summed E-state index contributed by atoms with van der Waals surface area (Å²) in [6.07, 6.45) is 0. The Balaban J connectivity index is 3.30. The highest BCUT2D eigenvalue weighted by Gasteiger charge is 2.30. The molecule has 1 aromatic heterocycles. The van der Waals surface area contributed by atoms with Crippen LogP contribution in [0.1, 0.15) is 10.6 Å². The number of nitriles is 2. The monoisotopic (exact) mass is 347 g/mol. The Kier molecular flexibility index (Phi) is 4.67. The molecule has 0 radical (unpaired) electrons. The predicted octanol–water partition coefficient (Wildman–Crippen LogP) is 0.778.